The Balaban J connectivity index is 2.80. The number of hydrogen-bond acceptors (Lipinski definition) is 2. The molecule has 5 heteroatoms. The molecule has 0 bridgehead atoms. The average molecular weight is 277 g/mol. The molecule has 18 heavy (non-hydrogen) atoms. The molecule has 0 aliphatic carbocycles. The Morgan fingerprint density at radius 2 is 1.78 bits per heavy atom. The monoisotopic (exact) mass is 277 g/mol. The van der Waals surface area contributed by atoms with Crippen molar-refractivity contribution in [2.75, 3.05) is 6.54 Å². The van der Waals surface area contributed by atoms with Crippen LogP contribution in [0, 0.1) is 0 Å². The molecule has 0 aliphatic heterocycles. The fraction of sp³-hybridized carbons (Fsp3) is 0.538. The molecule has 0 atom stereocenters. The third-order valence-corrected chi connectivity index (χ3v) is 3.29. The summed E-state index contributed by atoms with van der Waals surface area (Å²) in [6, 6.07) is 5.23. The van der Waals surface area contributed by atoms with Gasteiger partial charge in [-0.25, -0.2) is 0 Å². The minimum atomic E-state index is -4.22. The maximum atomic E-state index is 12.4. The van der Waals surface area contributed by atoms with Gasteiger partial charge >= 0.3 is 5.51 Å². The third kappa shape index (κ3) is 5.78. The number of rotatable bonds is 6. The van der Waals surface area contributed by atoms with Crippen molar-refractivity contribution < 1.29 is 13.2 Å². The molecule has 102 valence electrons. The summed E-state index contributed by atoms with van der Waals surface area (Å²) in [5, 5.41) is 0. The first-order chi connectivity index (χ1) is 8.44. The van der Waals surface area contributed by atoms with Crippen LogP contribution in [0.4, 0.5) is 13.2 Å². The van der Waals surface area contributed by atoms with Gasteiger partial charge in [0.2, 0.25) is 0 Å². The maximum absolute atomic E-state index is 12.4. The highest BCUT2D eigenvalue weighted by Crippen LogP contribution is 2.37. The molecular weight excluding hydrogens is 259 g/mol. The fourth-order valence-electron chi connectivity index (χ4n) is 1.74. The molecular formula is C13H18F3NS. The Morgan fingerprint density at radius 1 is 1.11 bits per heavy atom. The summed E-state index contributed by atoms with van der Waals surface area (Å²) in [6.45, 7) is 2.57. The molecule has 0 spiro atoms. The molecule has 1 aromatic carbocycles. The summed E-state index contributed by atoms with van der Waals surface area (Å²) >= 11 is -0.0410. The second kappa shape index (κ2) is 7.04. The quantitative estimate of drug-likeness (QED) is 0.624. The van der Waals surface area contributed by atoms with Crippen LogP contribution in [0.1, 0.15) is 30.9 Å². The zero-order chi connectivity index (χ0) is 13.6. The van der Waals surface area contributed by atoms with E-state index in [9.17, 15) is 13.2 Å². The van der Waals surface area contributed by atoms with Crippen molar-refractivity contribution in [3.8, 4) is 0 Å². The van der Waals surface area contributed by atoms with E-state index in [2.05, 4.69) is 0 Å². The Hall–Kier alpha value is -0.680. The minimum absolute atomic E-state index is 0.0410. The first-order valence-corrected chi connectivity index (χ1v) is 6.85. The van der Waals surface area contributed by atoms with Crippen LogP contribution in [0.25, 0.3) is 0 Å². The molecule has 1 rings (SSSR count). The largest absolute Gasteiger partial charge is 0.446 e. The van der Waals surface area contributed by atoms with Crippen molar-refractivity contribution in [2.45, 2.75) is 43.0 Å². The zero-order valence-corrected chi connectivity index (χ0v) is 11.2. The second-order valence-electron chi connectivity index (χ2n) is 4.13. The predicted octanol–water partition coefficient (Wildman–Crippen LogP) is 4.14. The topological polar surface area (TPSA) is 26.0 Å². The summed E-state index contributed by atoms with van der Waals surface area (Å²) in [4.78, 5) is 0.282. The molecule has 0 fully saturated rings. The van der Waals surface area contributed by atoms with Gasteiger partial charge in [-0.3, -0.25) is 0 Å². The third-order valence-electron chi connectivity index (χ3n) is 2.59. The Kier molecular flexibility index (Phi) is 6.02. The maximum Gasteiger partial charge on any atom is 0.446 e. The van der Waals surface area contributed by atoms with E-state index in [1.807, 2.05) is 13.0 Å². The van der Waals surface area contributed by atoms with Crippen molar-refractivity contribution in [3.63, 3.8) is 0 Å². The molecule has 1 nitrogen and oxygen atoms in total. The van der Waals surface area contributed by atoms with E-state index in [0.717, 1.165) is 36.8 Å². The molecule has 0 heterocycles. The lowest BCUT2D eigenvalue weighted by atomic mass is 10.0. The van der Waals surface area contributed by atoms with Crippen molar-refractivity contribution >= 4 is 11.8 Å². The van der Waals surface area contributed by atoms with Gasteiger partial charge in [0.25, 0.3) is 0 Å². The van der Waals surface area contributed by atoms with E-state index in [4.69, 9.17) is 5.73 Å². The molecule has 2 N–H and O–H groups in total. The van der Waals surface area contributed by atoms with Gasteiger partial charge < -0.3 is 5.73 Å². The van der Waals surface area contributed by atoms with Crippen LogP contribution >= 0.6 is 11.8 Å². The standard InChI is InChI=1S/C13H18F3NS/c1-2-10-7-11(5-3-4-6-17)9-12(8-10)18-13(14,15)16/h7-9H,2-6,17H2,1H3. The van der Waals surface area contributed by atoms with Gasteiger partial charge in [0.1, 0.15) is 0 Å². The number of halogens is 3. The van der Waals surface area contributed by atoms with E-state index in [1.165, 1.54) is 0 Å². The van der Waals surface area contributed by atoms with E-state index in [0.29, 0.717) is 6.54 Å². The molecule has 0 unspecified atom stereocenters. The summed E-state index contributed by atoms with van der Waals surface area (Å²) in [7, 11) is 0. The van der Waals surface area contributed by atoms with Gasteiger partial charge in [-0.15, -0.1) is 0 Å². The van der Waals surface area contributed by atoms with E-state index in [1.54, 1.807) is 12.1 Å². The van der Waals surface area contributed by atoms with Gasteiger partial charge in [0.15, 0.2) is 0 Å². The average Bonchev–Trinajstić information content (AvgIpc) is 2.26. The van der Waals surface area contributed by atoms with Crippen molar-refractivity contribution in [2.24, 2.45) is 5.73 Å². The first-order valence-electron chi connectivity index (χ1n) is 6.03. The van der Waals surface area contributed by atoms with Gasteiger partial charge in [0.05, 0.1) is 0 Å². The summed E-state index contributed by atoms with van der Waals surface area (Å²) in [5.74, 6) is 0. The number of unbranched alkanes of at least 4 members (excludes halogenated alkanes) is 1. The van der Waals surface area contributed by atoms with Crippen LogP contribution < -0.4 is 5.73 Å². The van der Waals surface area contributed by atoms with Crippen LogP contribution in [0.3, 0.4) is 0 Å². The first kappa shape index (κ1) is 15.4. The van der Waals surface area contributed by atoms with Crippen LogP contribution in [0.2, 0.25) is 0 Å². The highest BCUT2D eigenvalue weighted by molar-refractivity contribution is 8.00. The van der Waals surface area contributed by atoms with E-state index < -0.39 is 5.51 Å². The number of nitrogens with two attached hydrogens (primary N) is 1. The molecule has 0 aliphatic rings. The molecule has 0 saturated heterocycles. The Labute approximate surface area is 110 Å². The van der Waals surface area contributed by atoms with Crippen LogP contribution in [0.15, 0.2) is 23.1 Å². The summed E-state index contributed by atoms with van der Waals surface area (Å²) in [5.41, 5.74) is 3.11. The van der Waals surface area contributed by atoms with Gasteiger partial charge in [-0.1, -0.05) is 13.0 Å². The number of alkyl halides is 3. The molecule has 0 radical (unpaired) electrons. The molecule has 1 aromatic rings. The number of aryl methyl sites for hydroxylation is 2. The van der Waals surface area contributed by atoms with Crippen molar-refractivity contribution in [1.82, 2.24) is 0 Å². The number of benzene rings is 1. The molecule has 0 amide bonds. The van der Waals surface area contributed by atoms with Crippen LogP contribution in [-0.4, -0.2) is 12.1 Å². The molecule has 0 aromatic heterocycles. The summed E-state index contributed by atoms with van der Waals surface area (Å²) < 4.78 is 37.1. The molecule has 0 saturated carbocycles. The predicted molar refractivity (Wildman–Crippen MR) is 69.7 cm³/mol. The van der Waals surface area contributed by atoms with Gasteiger partial charge in [-0.2, -0.15) is 13.2 Å². The smallest absolute Gasteiger partial charge is 0.330 e. The second-order valence-corrected chi connectivity index (χ2v) is 5.27. The minimum Gasteiger partial charge on any atom is -0.330 e. The van der Waals surface area contributed by atoms with Crippen molar-refractivity contribution in [3.05, 3.63) is 29.3 Å². The normalized spacial score (nSPS) is 11.8. The van der Waals surface area contributed by atoms with Crippen molar-refractivity contribution in [1.29, 1.82) is 0 Å². The van der Waals surface area contributed by atoms with Crippen LogP contribution in [0.5, 0.6) is 0 Å². The van der Waals surface area contributed by atoms with Gasteiger partial charge in [0, 0.05) is 4.90 Å². The Morgan fingerprint density at radius 3 is 2.33 bits per heavy atom. The highest BCUT2D eigenvalue weighted by atomic mass is 32.2. The lowest BCUT2D eigenvalue weighted by molar-refractivity contribution is -0.0328. The summed E-state index contributed by atoms with van der Waals surface area (Å²) in [6.07, 6.45) is 3.35. The Bertz CT molecular complexity index is 377. The van der Waals surface area contributed by atoms with E-state index >= 15 is 0 Å². The number of hydrogen-bond donors (Lipinski definition) is 1. The highest BCUT2D eigenvalue weighted by Gasteiger charge is 2.29. The lowest BCUT2D eigenvalue weighted by Crippen LogP contribution is -2.01. The van der Waals surface area contributed by atoms with Crippen LogP contribution in [-0.2, 0) is 12.8 Å². The number of thioether (sulfide) groups is 1. The zero-order valence-electron chi connectivity index (χ0n) is 10.4. The lowest BCUT2D eigenvalue weighted by Gasteiger charge is -2.10. The van der Waals surface area contributed by atoms with E-state index in [-0.39, 0.29) is 16.7 Å². The SMILES string of the molecule is CCc1cc(CCCCN)cc(SC(F)(F)F)c1. The van der Waals surface area contributed by atoms with Gasteiger partial charge in [-0.05, 0) is 67.2 Å². The fourth-order valence-corrected chi connectivity index (χ4v) is 2.43.